The van der Waals surface area contributed by atoms with E-state index in [9.17, 15) is 14.7 Å². The van der Waals surface area contributed by atoms with Crippen molar-refractivity contribution in [1.82, 2.24) is 15.5 Å². The molecule has 1 aromatic rings. The van der Waals surface area contributed by atoms with Crippen molar-refractivity contribution < 1.29 is 19.4 Å². The highest BCUT2D eigenvalue weighted by molar-refractivity contribution is 5.96. The SMILES string of the molecule is O=C1CC(N2CCOCC2)NC(CC(=O)N2CCc3c(CO)cccc32)N1. The first-order chi connectivity index (χ1) is 13.2. The summed E-state index contributed by atoms with van der Waals surface area (Å²) in [5.41, 5.74) is 2.79. The molecular weight excluding hydrogens is 348 g/mol. The average molecular weight is 374 g/mol. The summed E-state index contributed by atoms with van der Waals surface area (Å²) < 4.78 is 5.38. The van der Waals surface area contributed by atoms with Crippen LogP contribution >= 0.6 is 0 Å². The van der Waals surface area contributed by atoms with Gasteiger partial charge in [0.05, 0.1) is 45.0 Å². The van der Waals surface area contributed by atoms with Crippen LogP contribution in [0.3, 0.4) is 0 Å². The number of nitrogens with zero attached hydrogens (tertiary/aromatic N) is 2. The van der Waals surface area contributed by atoms with E-state index in [4.69, 9.17) is 4.74 Å². The van der Waals surface area contributed by atoms with E-state index in [0.717, 1.165) is 36.3 Å². The Morgan fingerprint density at radius 2 is 2.07 bits per heavy atom. The van der Waals surface area contributed by atoms with Gasteiger partial charge >= 0.3 is 0 Å². The minimum Gasteiger partial charge on any atom is -0.392 e. The Morgan fingerprint density at radius 1 is 1.26 bits per heavy atom. The average Bonchev–Trinajstić information content (AvgIpc) is 3.12. The molecule has 0 spiro atoms. The zero-order chi connectivity index (χ0) is 18.8. The van der Waals surface area contributed by atoms with E-state index in [1.807, 2.05) is 18.2 Å². The van der Waals surface area contributed by atoms with Crippen LogP contribution in [0.25, 0.3) is 0 Å². The van der Waals surface area contributed by atoms with Crippen molar-refractivity contribution >= 4 is 17.5 Å². The second-order valence-corrected chi connectivity index (χ2v) is 7.23. The van der Waals surface area contributed by atoms with Gasteiger partial charge in [0.25, 0.3) is 0 Å². The van der Waals surface area contributed by atoms with Gasteiger partial charge in [-0.3, -0.25) is 19.8 Å². The van der Waals surface area contributed by atoms with Gasteiger partial charge in [0.2, 0.25) is 11.8 Å². The molecule has 146 valence electrons. The Bertz CT molecular complexity index is 720. The largest absolute Gasteiger partial charge is 0.392 e. The van der Waals surface area contributed by atoms with Crippen LogP contribution < -0.4 is 15.5 Å². The number of hydrogen-bond donors (Lipinski definition) is 3. The van der Waals surface area contributed by atoms with E-state index in [-0.39, 0.29) is 37.2 Å². The van der Waals surface area contributed by atoms with Gasteiger partial charge in [-0.25, -0.2) is 0 Å². The topological polar surface area (TPSA) is 94.1 Å². The molecule has 3 aliphatic heterocycles. The number of aliphatic hydroxyl groups is 1. The van der Waals surface area contributed by atoms with E-state index in [1.54, 1.807) is 4.90 Å². The molecule has 3 aliphatic rings. The molecule has 0 saturated carbocycles. The summed E-state index contributed by atoms with van der Waals surface area (Å²) in [5, 5.41) is 15.8. The number of amides is 2. The number of ether oxygens (including phenoxy) is 1. The van der Waals surface area contributed by atoms with E-state index in [1.165, 1.54) is 0 Å². The summed E-state index contributed by atoms with van der Waals surface area (Å²) in [6.45, 7) is 3.50. The molecule has 3 heterocycles. The van der Waals surface area contributed by atoms with E-state index < -0.39 is 0 Å². The summed E-state index contributed by atoms with van der Waals surface area (Å²) in [5.74, 6) is -0.0586. The quantitative estimate of drug-likeness (QED) is 0.661. The van der Waals surface area contributed by atoms with Gasteiger partial charge in [0.1, 0.15) is 0 Å². The maximum absolute atomic E-state index is 12.9. The normalized spacial score (nSPS) is 26.0. The number of hydrogen-bond acceptors (Lipinski definition) is 6. The van der Waals surface area contributed by atoms with Crippen LogP contribution in [0, 0.1) is 0 Å². The third-order valence-electron chi connectivity index (χ3n) is 5.57. The molecule has 2 fully saturated rings. The number of rotatable bonds is 4. The zero-order valence-electron chi connectivity index (χ0n) is 15.3. The number of benzene rings is 1. The molecule has 2 unspecified atom stereocenters. The summed E-state index contributed by atoms with van der Waals surface area (Å²) in [6, 6.07) is 5.68. The summed E-state index contributed by atoms with van der Waals surface area (Å²) in [4.78, 5) is 29.0. The predicted molar refractivity (Wildman–Crippen MR) is 98.9 cm³/mol. The van der Waals surface area contributed by atoms with Crippen LogP contribution in [0.4, 0.5) is 5.69 Å². The Labute approximate surface area is 158 Å². The van der Waals surface area contributed by atoms with Crippen molar-refractivity contribution in [1.29, 1.82) is 0 Å². The maximum atomic E-state index is 12.9. The lowest BCUT2D eigenvalue weighted by molar-refractivity contribution is -0.128. The summed E-state index contributed by atoms with van der Waals surface area (Å²) in [6.07, 6.45) is 0.898. The number of carbonyl (C=O) groups excluding carboxylic acids is 2. The zero-order valence-corrected chi connectivity index (χ0v) is 15.3. The van der Waals surface area contributed by atoms with Crippen molar-refractivity contribution in [3.8, 4) is 0 Å². The molecule has 0 bridgehead atoms. The molecule has 2 amide bonds. The molecule has 4 rings (SSSR count). The lowest BCUT2D eigenvalue weighted by Crippen LogP contribution is -2.63. The van der Waals surface area contributed by atoms with E-state index >= 15 is 0 Å². The van der Waals surface area contributed by atoms with Gasteiger partial charge in [-0.1, -0.05) is 12.1 Å². The standard InChI is InChI=1S/C19H26N4O4/c24-12-13-2-1-3-15-14(13)4-5-23(15)19(26)10-16-20-17(11-18(25)21-16)22-6-8-27-9-7-22/h1-3,16-17,20,24H,4-12H2,(H,21,25). The van der Waals surface area contributed by atoms with Crippen LogP contribution in [0.5, 0.6) is 0 Å². The highest BCUT2D eigenvalue weighted by Crippen LogP contribution is 2.31. The summed E-state index contributed by atoms with van der Waals surface area (Å²) >= 11 is 0. The van der Waals surface area contributed by atoms with Crippen LogP contribution in [0.15, 0.2) is 18.2 Å². The number of morpholine rings is 1. The van der Waals surface area contributed by atoms with Crippen LogP contribution in [0.1, 0.15) is 24.0 Å². The molecule has 8 heteroatoms. The smallest absolute Gasteiger partial charge is 0.230 e. The lowest BCUT2D eigenvalue weighted by atomic mass is 10.1. The highest BCUT2D eigenvalue weighted by Gasteiger charge is 2.34. The molecule has 8 nitrogen and oxygen atoms in total. The van der Waals surface area contributed by atoms with Crippen molar-refractivity contribution in [3.63, 3.8) is 0 Å². The summed E-state index contributed by atoms with van der Waals surface area (Å²) in [7, 11) is 0. The molecule has 0 aliphatic carbocycles. The molecule has 0 aromatic heterocycles. The van der Waals surface area contributed by atoms with Crippen LogP contribution in [-0.4, -0.2) is 67.0 Å². The Kier molecular flexibility index (Phi) is 5.40. The van der Waals surface area contributed by atoms with E-state index in [0.29, 0.717) is 26.2 Å². The third-order valence-corrected chi connectivity index (χ3v) is 5.57. The molecule has 2 saturated heterocycles. The third kappa shape index (κ3) is 3.84. The van der Waals surface area contributed by atoms with Crippen molar-refractivity contribution in [3.05, 3.63) is 29.3 Å². The monoisotopic (exact) mass is 374 g/mol. The number of fused-ring (bicyclic) bond motifs is 1. The Hall–Kier alpha value is -2.00. The first kappa shape index (κ1) is 18.4. The highest BCUT2D eigenvalue weighted by atomic mass is 16.5. The maximum Gasteiger partial charge on any atom is 0.230 e. The first-order valence-corrected chi connectivity index (χ1v) is 9.55. The van der Waals surface area contributed by atoms with Crippen molar-refractivity contribution in [2.45, 2.75) is 38.2 Å². The lowest BCUT2D eigenvalue weighted by Gasteiger charge is -2.40. The van der Waals surface area contributed by atoms with Gasteiger partial charge in [0, 0.05) is 25.3 Å². The number of nitrogens with one attached hydrogen (secondary N) is 2. The number of aliphatic hydroxyl groups excluding tert-OH is 1. The predicted octanol–water partition coefficient (Wildman–Crippen LogP) is -0.448. The second-order valence-electron chi connectivity index (χ2n) is 7.23. The molecule has 3 N–H and O–H groups in total. The Morgan fingerprint density at radius 3 is 2.85 bits per heavy atom. The van der Waals surface area contributed by atoms with Gasteiger partial charge in [-0.05, 0) is 23.6 Å². The molecular formula is C19H26N4O4. The molecule has 0 radical (unpaired) electrons. The number of carbonyl (C=O) groups is 2. The van der Waals surface area contributed by atoms with Gasteiger partial charge < -0.3 is 20.1 Å². The fourth-order valence-corrected chi connectivity index (χ4v) is 4.19. The van der Waals surface area contributed by atoms with Crippen LogP contribution in [-0.2, 0) is 27.4 Å². The van der Waals surface area contributed by atoms with Gasteiger partial charge in [-0.15, -0.1) is 0 Å². The fraction of sp³-hybridized carbons (Fsp3) is 0.579. The van der Waals surface area contributed by atoms with E-state index in [2.05, 4.69) is 15.5 Å². The molecule has 1 aromatic carbocycles. The van der Waals surface area contributed by atoms with Gasteiger partial charge in [-0.2, -0.15) is 0 Å². The second kappa shape index (κ2) is 7.93. The molecule has 27 heavy (non-hydrogen) atoms. The minimum absolute atomic E-state index is 0.0212. The molecule has 2 atom stereocenters. The first-order valence-electron chi connectivity index (χ1n) is 9.55. The minimum atomic E-state index is -0.378. The Balaban J connectivity index is 1.42. The van der Waals surface area contributed by atoms with Gasteiger partial charge in [0.15, 0.2) is 0 Å². The number of anilines is 1. The fourth-order valence-electron chi connectivity index (χ4n) is 4.19. The van der Waals surface area contributed by atoms with Crippen molar-refractivity contribution in [2.75, 3.05) is 37.7 Å². The van der Waals surface area contributed by atoms with Crippen molar-refractivity contribution in [2.24, 2.45) is 0 Å². The van der Waals surface area contributed by atoms with Crippen LogP contribution in [0.2, 0.25) is 0 Å².